The lowest BCUT2D eigenvalue weighted by Crippen LogP contribution is -2.44. The van der Waals surface area contributed by atoms with Gasteiger partial charge < -0.3 is 15.0 Å². The van der Waals surface area contributed by atoms with Crippen molar-refractivity contribution >= 4 is 17.6 Å². The third-order valence-electron chi connectivity index (χ3n) is 4.98. The second kappa shape index (κ2) is 8.94. The first-order valence-corrected chi connectivity index (χ1v) is 9.57. The molecule has 2 amide bonds. The van der Waals surface area contributed by atoms with Crippen LogP contribution >= 0.6 is 0 Å². The number of ether oxygens (including phenoxy) is 1. The number of likely N-dealkylation sites (tertiary alicyclic amines) is 1. The summed E-state index contributed by atoms with van der Waals surface area (Å²) in [4.78, 5) is 35.3. The number of piperidine rings is 1. The van der Waals surface area contributed by atoms with Gasteiger partial charge in [0.05, 0.1) is 11.7 Å². The number of carbonyl (C=O) groups is 2. The second-order valence-corrected chi connectivity index (χ2v) is 6.75. The predicted octanol–water partition coefficient (Wildman–Crippen LogP) is 1.57. The number of amides is 2. The Morgan fingerprint density at radius 2 is 2.11 bits per heavy atom. The van der Waals surface area contributed by atoms with Crippen LogP contribution in [0.1, 0.15) is 44.8 Å². The Labute approximate surface area is 158 Å². The van der Waals surface area contributed by atoms with Gasteiger partial charge in [-0.3, -0.25) is 14.0 Å². The number of nitrogens with zero attached hydrogens (tertiary/aromatic N) is 4. The van der Waals surface area contributed by atoms with Crippen LogP contribution in [0, 0.1) is 5.92 Å². The first-order chi connectivity index (χ1) is 13.1. The maximum absolute atomic E-state index is 12.7. The highest BCUT2D eigenvalue weighted by Crippen LogP contribution is 2.21. The molecule has 1 aliphatic rings. The Morgan fingerprint density at radius 3 is 2.78 bits per heavy atom. The maximum atomic E-state index is 12.7. The molecule has 1 fully saturated rings. The molecule has 8 heteroatoms. The van der Waals surface area contributed by atoms with Gasteiger partial charge >= 0.3 is 0 Å². The zero-order chi connectivity index (χ0) is 19.2. The van der Waals surface area contributed by atoms with Gasteiger partial charge in [-0.25, -0.2) is 9.97 Å². The summed E-state index contributed by atoms with van der Waals surface area (Å²) in [6.45, 7) is 5.73. The summed E-state index contributed by atoms with van der Waals surface area (Å²) in [5.41, 5.74) is 0.814. The smallest absolute Gasteiger partial charge is 0.248 e. The first-order valence-electron chi connectivity index (χ1n) is 9.57. The van der Waals surface area contributed by atoms with Crippen LogP contribution in [-0.2, 0) is 14.3 Å². The highest BCUT2D eigenvalue weighted by molar-refractivity contribution is 5.80. The molecule has 0 spiro atoms. The summed E-state index contributed by atoms with van der Waals surface area (Å²) in [6.07, 6.45) is 7.60. The fourth-order valence-electron chi connectivity index (χ4n) is 3.36. The zero-order valence-corrected chi connectivity index (χ0v) is 15.9. The van der Waals surface area contributed by atoms with E-state index in [0.29, 0.717) is 38.3 Å². The van der Waals surface area contributed by atoms with Crippen LogP contribution in [0.2, 0.25) is 0 Å². The van der Waals surface area contributed by atoms with E-state index in [4.69, 9.17) is 4.74 Å². The van der Waals surface area contributed by atoms with Gasteiger partial charge in [0.2, 0.25) is 17.6 Å². The Kier molecular flexibility index (Phi) is 6.39. The molecule has 0 saturated carbocycles. The third-order valence-corrected chi connectivity index (χ3v) is 4.98. The van der Waals surface area contributed by atoms with E-state index in [1.807, 2.05) is 36.7 Å². The summed E-state index contributed by atoms with van der Waals surface area (Å²) in [6, 6.07) is 1.70. The van der Waals surface area contributed by atoms with Crippen molar-refractivity contribution in [2.45, 2.75) is 39.2 Å². The molecule has 8 nitrogen and oxygen atoms in total. The molecule has 2 aromatic rings. The van der Waals surface area contributed by atoms with E-state index >= 15 is 0 Å². The van der Waals surface area contributed by atoms with Gasteiger partial charge in [-0.15, -0.1) is 0 Å². The maximum Gasteiger partial charge on any atom is 0.248 e. The fourth-order valence-corrected chi connectivity index (χ4v) is 3.36. The fraction of sp³-hybridized carbons (Fsp3) is 0.579. The van der Waals surface area contributed by atoms with Gasteiger partial charge in [0.15, 0.2) is 0 Å². The van der Waals surface area contributed by atoms with E-state index < -0.39 is 0 Å². The Morgan fingerprint density at radius 1 is 1.33 bits per heavy atom. The van der Waals surface area contributed by atoms with Crippen molar-refractivity contribution < 1.29 is 14.3 Å². The van der Waals surface area contributed by atoms with E-state index in [-0.39, 0.29) is 30.4 Å². The quantitative estimate of drug-likeness (QED) is 0.796. The lowest BCUT2D eigenvalue weighted by Gasteiger charge is -2.32. The molecule has 27 heavy (non-hydrogen) atoms. The van der Waals surface area contributed by atoms with Crippen molar-refractivity contribution in [3.63, 3.8) is 0 Å². The standard InChI is InChI=1S/C19H27N5O3/c1-3-15(16-12-24-9-5-8-20-19(24)22-16)21-18(26)14-6-10-23(11-7-14)17(25)13-27-4-2/h5,8-9,12,14-15H,3-4,6-7,10-11,13H2,1-2H3,(H,21,26). The molecule has 0 radical (unpaired) electrons. The van der Waals surface area contributed by atoms with Gasteiger partial charge in [0.25, 0.3) is 0 Å². The molecule has 3 rings (SSSR count). The Balaban J connectivity index is 1.55. The van der Waals surface area contributed by atoms with Crippen LogP contribution in [0.3, 0.4) is 0 Å². The van der Waals surface area contributed by atoms with Crippen LogP contribution < -0.4 is 5.32 Å². The molecular weight excluding hydrogens is 346 g/mol. The lowest BCUT2D eigenvalue weighted by molar-refractivity contribution is -0.139. The number of hydrogen-bond acceptors (Lipinski definition) is 5. The largest absolute Gasteiger partial charge is 0.372 e. The number of aromatic nitrogens is 3. The summed E-state index contributed by atoms with van der Waals surface area (Å²) >= 11 is 0. The van der Waals surface area contributed by atoms with Gasteiger partial charge in [0.1, 0.15) is 6.61 Å². The van der Waals surface area contributed by atoms with E-state index in [9.17, 15) is 9.59 Å². The minimum atomic E-state index is -0.142. The number of hydrogen-bond donors (Lipinski definition) is 1. The average Bonchev–Trinajstić information content (AvgIpc) is 3.14. The number of nitrogens with one attached hydrogen (secondary N) is 1. The number of imidazole rings is 1. The van der Waals surface area contributed by atoms with Gasteiger partial charge in [-0.2, -0.15) is 0 Å². The normalized spacial score (nSPS) is 16.4. The first kappa shape index (κ1) is 19.3. The predicted molar refractivity (Wildman–Crippen MR) is 100.0 cm³/mol. The number of rotatable bonds is 7. The van der Waals surface area contributed by atoms with Gasteiger partial charge in [-0.05, 0) is 32.3 Å². The Bertz CT molecular complexity index is 749. The third kappa shape index (κ3) is 4.63. The van der Waals surface area contributed by atoms with Crippen LogP contribution in [0.15, 0.2) is 24.7 Å². The topological polar surface area (TPSA) is 88.8 Å². The highest BCUT2D eigenvalue weighted by atomic mass is 16.5. The molecule has 0 aliphatic carbocycles. The molecule has 2 aromatic heterocycles. The molecule has 1 aliphatic heterocycles. The minimum absolute atomic E-state index is 0.000608. The number of carbonyl (C=O) groups excluding carboxylic acids is 2. The summed E-state index contributed by atoms with van der Waals surface area (Å²) in [5, 5.41) is 3.12. The van der Waals surface area contributed by atoms with Crippen molar-refractivity contribution in [1.82, 2.24) is 24.6 Å². The van der Waals surface area contributed by atoms with Crippen molar-refractivity contribution in [2.24, 2.45) is 5.92 Å². The summed E-state index contributed by atoms with van der Waals surface area (Å²) in [7, 11) is 0. The minimum Gasteiger partial charge on any atom is -0.372 e. The van der Waals surface area contributed by atoms with Crippen LogP contribution in [0.25, 0.3) is 5.78 Å². The van der Waals surface area contributed by atoms with Crippen molar-refractivity contribution in [1.29, 1.82) is 0 Å². The van der Waals surface area contributed by atoms with Crippen molar-refractivity contribution in [3.05, 3.63) is 30.4 Å². The van der Waals surface area contributed by atoms with Crippen LogP contribution in [-0.4, -0.2) is 57.4 Å². The summed E-state index contributed by atoms with van der Waals surface area (Å²) in [5.74, 6) is 0.579. The average molecular weight is 373 g/mol. The van der Waals surface area contributed by atoms with Crippen molar-refractivity contribution in [3.8, 4) is 0 Å². The molecule has 0 bridgehead atoms. The van der Waals surface area contributed by atoms with Gasteiger partial charge in [0, 0.05) is 44.2 Å². The van der Waals surface area contributed by atoms with E-state index in [2.05, 4.69) is 15.3 Å². The highest BCUT2D eigenvalue weighted by Gasteiger charge is 2.29. The SMILES string of the molecule is CCOCC(=O)N1CCC(C(=O)NC(CC)c2cn3cccnc3n2)CC1. The molecule has 1 N–H and O–H groups in total. The molecule has 1 unspecified atom stereocenters. The monoisotopic (exact) mass is 373 g/mol. The molecular formula is C19H27N5O3. The molecule has 3 heterocycles. The van der Waals surface area contributed by atoms with E-state index in [1.54, 1.807) is 11.1 Å². The Hall–Kier alpha value is -2.48. The second-order valence-electron chi connectivity index (χ2n) is 6.75. The lowest BCUT2D eigenvalue weighted by atomic mass is 9.95. The number of fused-ring (bicyclic) bond motifs is 1. The van der Waals surface area contributed by atoms with Crippen LogP contribution in [0.4, 0.5) is 0 Å². The zero-order valence-electron chi connectivity index (χ0n) is 15.9. The van der Waals surface area contributed by atoms with E-state index in [0.717, 1.165) is 12.1 Å². The molecule has 146 valence electrons. The molecule has 0 aromatic carbocycles. The van der Waals surface area contributed by atoms with Crippen molar-refractivity contribution in [2.75, 3.05) is 26.3 Å². The summed E-state index contributed by atoms with van der Waals surface area (Å²) < 4.78 is 7.03. The van der Waals surface area contributed by atoms with Gasteiger partial charge in [-0.1, -0.05) is 6.92 Å². The molecule has 1 atom stereocenters. The van der Waals surface area contributed by atoms with E-state index in [1.165, 1.54) is 0 Å². The van der Waals surface area contributed by atoms with Crippen LogP contribution in [0.5, 0.6) is 0 Å². The molecule has 1 saturated heterocycles.